The van der Waals surface area contributed by atoms with Crippen LogP contribution in [0.4, 0.5) is 0 Å². The Balaban J connectivity index is 1.97. The first-order chi connectivity index (χ1) is 12.2. The van der Waals surface area contributed by atoms with Gasteiger partial charge in [-0.1, -0.05) is 48.5 Å². The van der Waals surface area contributed by atoms with Crippen molar-refractivity contribution >= 4 is 11.9 Å². The largest absolute Gasteiger partial charge is 0.464 e. The quantitative estimate of drug-likeness (QED) is 0.785. The van der Waals surface area contributed by atoms with Gasteiger partial charge in [0.2, 0.25) is 0 Å². The van der Waals surface area contributed by atoms with Gasteiger partial charge in [-0.2, -0.15) is 0 Å². The lowest BCUT2D eigenvalue weighted by Gasteiger charge is -2.36. The van der Waals surface area contributed by atoms with E-state index in [1.807, 2.05) is 48.5 Å². The molecule has 3 rings (SSSR count). The zero-order chi connectivity index (χ0) is 17.7. The van der Waals surface area contributed by atoms with Gasteiger partial charge in [0, 0.05) is 18.5 Å². The Morgan fingerprint density at radius 3 is 2.32 bits per heavy atom. The number of rotatable bonds is 5. The van der Waals surface area contributed by atoms with Gasteiger partial charge in [0.15, 0.2) is 0 Å². The number of ether oxygens (including phenoxy) is 1. The van der Waals surface area contributed by atoms with Crippen LogP contribution in [0.15, 0.2) is 60.7 Å². The normalized spacial score (nSPS) is 19.6. The SMILES string of the molecule is CCOC(=O)[C@]1(Cc2ccccc2)CCCN1C(=O)c1ccccc1. The molecule has 1 amide bonds. The van der Waals surface area contributed by atoms with Crippen molar-refractivity contribution in [3.8, 4) is 0 Å². The Bertz CT molecular complexity index is 729. The maximum Gasteiger partial charge on any atom is 0.332 e. The van der Waals surface area contributed by atoms with E-state index in [0.717, 1.165) is 12.0 Å². The summed E-state index contributed by atoms with van der Waals surface area (Å²) in [5, 5.41) is 0. The second kappa shape index (κ2) is 7.51. The molecule has 1 fully saturated rings. The van der Waals surface area contributed by atoms with Crippen LogP contribution in [0.3, 0.4) is 0 Å². The van der Waals surface area contributed by atoms with E-state index in [1.165, 1.54) is 0 Å². The van der Waals surface area contributed by atoms with Crippen molar-refractivity contribution in [2.45, 2.75) is 31.7 Å². The minimum atomic E-state index is -0.926. The molecule has 2 aromatic rings. The second-order valence-corrected chi connectivity index (χ2v) is 6.34. The number of esters is 1. The van der Waals surface area contributed by atoms with Crippen LogP contribution in [0.25, 0.3) is 0 Å². The Morgan fingerprint density at radius 2 is 1.68 bits per heavy atom. The van der Waals surface area contributed by atoms with E-state index in [-0.39, 0.29) is 11.9 Å². The van der Waals surface area contributed by atoms with Crippen molar-refractivity contribution in [1.29, 1.82) is 0 Å². The molecule has 2 aromatic carbocycles. The molecule has 1 aliphatic rings. The average molecular weight is 337 g/mol. The van der Waals surface area contributed by atoms with E-state index in [0.29, 0.717) is 31.6 Å². The summed E-state index contributed by atoms with van der Waals surface area (Å²) in [7, 11) is 0. The molecule has 0 radical (unpaired) electrons. The smallest absolute Gasteiger partial charge is 0.332 e. The Kier molecular flexibility index (Phi) is 5.17. The molecule has 0 aromatic heterocycles. The third kappa shape index (κ3) is 3.43. The number of hydrogen-bond donors (Lipinski definition) is 0. The van der Waals surface area contributed by atoms with E-state index in [9.17, 15) is 9.59 Å². The lowest BCUT2D eigenvalue weighted by atomic mass is 9.87. The summed E-state index contributed by atoms with van der Waals surface area (Å²) < 4.78 is 5.38. The molecule has 0 saturated carbocycles. The second-order valence-electron chi connectivity index (χ2n) is 6.34. The third-order valence-corrected chi connectivity index (χ3v) is 4.75. The van der Waals surface area contributed by atoms with Crippen LogP contribution in [-0.2, 0) is 16.0 Å². The summed E-state index contributed by atoms with van der Waals surface area (Å²) in [4.78, 5) is 27.7. The van der Waals surface area contributed by atoms with Crippen LogP contribution in [0, 0.1) is 0 Å². The summed E-state index contributed by atoms with van der Waals surface area (Å²) in [6.45, 7) is 2.68. The van der Waals surface area contributed by atoms with Crippen molar-refractivity contribution in [2.75, 3.05) is 13.2 Å². The predicted octanol–water partition coefficient (Wildman–Crippen LogP) is 3.47. The summed E-state index contributed by atoms with van der Waals surface area (Å²) in [6, 6.07) is 19.0. The van der Waals surface area contributed by atoms with Gasteiger partial charge >= 0.3 is 5.97 Å². The first-order valence-corrected chi connectivity index (χ1v) is 8.75. The highest BCUT2D eigenvalue weighted by atomic mass is 16.5. The van der Waals surface area contributed by atoms with Gasteiger partial charge in [-0.25, -0.2) is 4.79 Å². The lowest BCUT2D eigenvalue weighted by molar-refractivity contribution is -0.154. The minimum absolute atomic E-state index is 0.109. The highest BCUT2D eigenvalue weighted by Crippen LogP contribution is 2.35. The molecule has 1 aliphatic heterocycles. The van der Waals surface area contributed by atoms with Crippen LogP contribution >= 0.6 is 0 Å². The molecular weight excluding hydrogens is 314 g/mol. The van der Waals surface area contributed by atoms with Crippen molar-refractivity contribution in [3.05, 3.63) is 71.8 Å². The van der Waals surface area contributed by atoms with Gasteiger partial charge < -0.3 is 9.64 Å². The highest BCUT2D eigenvalue weighted by Gasteiger charge is 2.50. The van der Waals surface area contributed by atoms with Crippen LogP contribution < -0.4 is 0 Å². The molecule has 0 N–H and O–H groups in total. The van der Waals surface area contributed by atoms with Gasteiger partial charge in [0.1, 0.15) is 5.54 Å². The molecule has 4 heteroatoms. The third-order valence-electron chi connectivity index (χ3n) is 4.75. The van der Waals surface area contributed by atoms with E-state index in [1.54, 1.807) is 24.0 Å². The summed E-state index contributed by atoms with van der Waals surface area (Å²) >= 11 is 0. The summed E-state index contributed by atoms with van der Waals surface area (Å²) in [5.41, 5.74) is 0.707. The van der Waals surface area contributed by atoms with E-state index >= 15 is 0 Å². The van der Waals surface area contributed by atoms with Crippen LogP contribution in [0.2, 0.25) is 0 Å². The number of carbonyl (C=O) groups is 2. The molecule has 130 valence electrons. The predicted molar refractivity (Wildman–Crippen MR) is 96.2 cm³/mol. The molecule has 25 heavy (non-hydrogen) atoms. The molecule has 1 saturated heterocycles. The average Bonchev–Trinajstić information content (AvgIpc) is 3.07. The topological polar surface area (TPSA) is 46.6 Å². The Morgan fingerprint density at radius 1 is 1.04 bits per heavy atom. The zero-order valence-electron chi connectivity index (χ0n) is 14.5. The molecule has 0 unspecified atom stereocenters. The zero-order valence-corrected chi connectivity index (χ0v) is 14.5. The molecule has 0 bridgehead atoms. The molecule has 0 aliphatic carbocycles. The van der Waals surface area contributed by atoms with Crippen LogP contribution in [-0.4, -0.2) is 35.5 Å². The fourth-order valence-corrected chi connectivity index (χ4v) is 3.58. The highest BCUT2D eigenvalue weighted by molar-refractivity contribution is 5.98. The monoisotopic (exact) mass is 337 g/mol. The molecular formula is C21H23NO3. The number of amides is 1. The molecule has 4 nitrogen and oxygen atoms in total. The van der Waals surface area contributed by atoms with Gasteiger partial charge in [-0.3, -0.25) is 4.79 Å². The van der Waals surface area contributed by atoms with Crippen LogP contribution in [0.1, 0.15) is 35.7 Å². The van der Waals surface area contributed by atoms with Gasteiger partial charge in [-0.15, -0.1) is 0 Å². The molecule has 0 spiro atoms. The Labute approximate surface area is 148 Å². The number of carbonyl (C=O) groups excluding carboxylic acids is 2. The fourth-order valence-electron chi connectivity index (χ4n) is 3.58. The van der Waals surface area contributed by atoms with Gasteiger partial charge in [0.05, 0.1) is 6.61 Å². The lowest BCUT2D eigenvalue weighted by Crippen LogP contribution is -2.55. The minimum Gasteiger partial charge on any atom is -0.464 e. The van der Waals surface area contributed by atoms with E-state index in [4.69, 9.17) is 4.74 Å². The molecule has 1 atom stereocenters. The summed E-state index contributed by atoms with van der Waals surface area (Å²) in [6.07, 6.45) is 1.90. The first-order valence-electron chi connectivity index (χ1n) is 8.75. The number of hydrogen-bond acceptors (Lipinski definition) is 3. The van der Waals surface area contributed by atoms with Crippen molar-refractivity contribution in [1.82, 2.24) is 4.90 Å². The van der Waals surface area contributed by atoms with E-state index < -0.39 is 5.54 Å². The maximum atomic E-state index is 13.1. The van der Waals surface area contributed by atoms with Crippen LogP contribution in [0.5, 0.6) is 0 Å². The fraction of sp³-hybridized carbons (Fsp3) is 0.333. The van der Waals surface area contributed by atoms with Crippen molar-refractivity contribution < 1.29 is 14.3 Å². The number of likely N-dealkylation sites (tertiary alicyclic amines) is 1. The Hall–Kier alpha value is -2.62. The molecule has 1 heterocycles. The summed E-state index contributed by atoms with van der Waals surface area (Å²) in [5.74, 6) is -0.414. The first kappa shape index (κ1) is 17.2. The van der Waals surface area contributed by atoms with Crippen molar-refractivity contribution in [2.24, 2.45) is 0 Å². The standard InChI is InChI=1S/C21H23NO3/c1-2-25-20(24)21(16-17-10-5-3-6-11-17)14-9-15-22(21)19(23)18-12-7-4-8-13-18/h3-8,10-13H,2,9,14-16H2,1H3/t21-/m1/s1. The van der Waals surface area contributed by atoms with Crippen molar-refractivity contribution in [3.63, 3.8) is 0 Å². The van der Waals surface area contributed by atoms with Gasteiger partial charge in [-0.05, 0) is 37.5 Å². The number of nitrogens with zero attached hydrogens (tertiary/aromatic N) is 1. The van der Waals surface area contributed by atoms with E-state index in [2.05, 4.69) is 0 Å². The van der Waals surface area contributed by atoms with Gasteiger partial charge in [0.25, 0.3) is 5.91 Å². The number of benzene rings is 2. The maximum absolute atomic E-state index is 13.1.